The molecule has 1 aliphatic rings. The van der Waals surface area contributed by atoms with E-state index in [2.05, 4.69) is 14.6 Å². The molecule has 1 aliphatic heterocycles. The topological polar surface area (TPSA) is 76.6 Å². The normalized spacial score (nSPS) is 16.8. The average Bonchev–Trinajstić information content (AvgIpc) is 2.73. The number of aromatic nitrogens is 2. The fourth-order valence-electron chi connectivity index (χ4n) is 1.44. The van der Waals surface area contributed by atoms with E-state index in [1.807, 2.05) is 11.8 Å². The van der Waals surface area contributed by atoms with E-state index in [1.165, 1.54) is 11.5 Å². The van der Waals surface area contributed by atoms with Gasteiger partial charge in [-0.15, -0.1) is 29.1 Å². The van der Waals surface area contributed by atoms with E-state index in [0.29, 0.717) is 12.5 Å². The van der Waals surface area contributed by atoms with Gasteiger partial charge in [0.2, 0.25) is 0 Å². The van der Waals surface area contributed by atoms with E-state index in [4.69, 9.17) is 10.5 Å². The molecule has 6 nitrogen and oxygen atoms in total. The summed E-state index contributed by atoms with van der Waals surface area (Å²) in [5, 5.41) is 3.93. The van der Waals surface area contributed by atoms with Crippen LogP contribution in [0.1, 0.15) is 10.6 Å². The summed E-state index contributed by atoms with van der Waals surface area (Å²) in [6.07, 6.45) is 0. The number of nitrogens with zero attached hydrogens (tertiary/aromatic N) is 4. The molecule has 1 fully saturated rings. The Kier molecular flexibility index (Phi) is 6.06. The van der Waals surface area contributed by atoms with E-state index < -0.39 is 0 Å². The molecule has 0 spiro atoms. The number of rotatable bonds is 2. The van der Waals surface area contributed by atoms with Crippen molar-refractivity contribution >= 4 is 41.5 Å². The Labute approximate surface area is 121 Å². The van der Waals surface area contributed by atoms with Gasteiger partial charge < -0.3 is 15.4 Å². The highest BCUT2D eigenvalue weighted by Crippen LogP contribution is 2.10. The molecule has 1 saturated heterocycles. The molecule has 0 atom stereocenters. The zero-order valence-corrected chi connectivity index (χ0v) is 12.8. The summed E-state index contributed by atoms with van der Waals surface area (Å²) < 4.78 is 9.11. The summed E-state index contributed by atoms with van der Waals surface area (Å²) in [7, 11) is 0. The summed E-state index contributed by atoms with van der Waals surface area (Å²) in [4.78, 5) is 7.45. The van der Waals surface area contributed by atoms with Crippen molar-refractivity contribution in [3.63, 3.8) is 0 Å². The smallest absolute Gasteiger partial charge is 0.191 e. The molecule has 96 valence electrons. The maximum absolute atomic E-state index is 5.90. The third-order valence-electron chi connectivity index (χ3n) is 2.47. The molecular weight excluding hydrogens is 353 g/mol. The molecule has 0 bridgehead atoms. The Morgan fingerprint density at radius 2 is 2.24 bits per heavy atom. The van der Waals surface area contributed by atoms with Crippen molar-refractivity contribution in [2.45, 2.75) is 13.5 Å². The van der Waals surface area contributed by atoms with Crippen LogP contribution < -0.4 is 5.73 Å². The first-order valence-corrected chi connectivity index (χ1v) is 5.95. The Morgan fingerprint density at radius 1 is 1.53 bits per heavy atom. The molecular formula is C9H16IN5OS. The highest BCUT2D eigenvalue weighted by Gasteiger charge is 2.12. The van der Waals surface area contributed by atoms with Gasteiger partial charge in [0.1, 0.15) is 0 Å². The Morgan fingerprint density at radius 3 is 2.82 bits per heavy atom. The van der Waals surface area contributed by atoms with Crippen LogP contribution in [0.2, 0.25) is 0 Å². The molecule has 8 heteroatoms. The maximum atomic E-state index is 5.90. The van der Waals surface area contributed by atoms with Gasteiger partial charge in [0, 0.05) is 13.1 Å². The van der Waals surface area contributed by atoms with Crippen LogP contribution in [-0.2, 0) is 11.3 Å². The lowest BCUT2D eigenvalue weighted by atomic mass is 10.4. The van der Waals surface area contributed by atoms with E-state index in [-0.39, 0.29) is 24.0 Å². The van der Waals surface area contributed by atoms with Crippen molar-refractivity contribution in [3.05, 3.63) is 10.6 Å². The lowest BCUT2D eigenvalue weighted by Crippen LogP contribution is -2.44. The zero-order valence-electron chi connectivity index (χ0n) is 9.63. The summed E-state index contributed by atoms with van der Waals surface area (Å²) in [5.74, 6) is 0.580. The summed E-state index contributed by atoms with van der Waals surface area (Å²) >= 11 is 1.37. The van der Waals surface area contributed by atoms with Crippen LogP contribution >= 0.6 is 35.5 Å². The van der Waals surface area contributed by atoms with Gasteiger partial charge in [0.05, 0.1) is 30.3 Å². The van der Waals surface area contributed by atoms with Gasteiger partial charge in [-0.2, -0.15) is 0 Å². The minimum atomic E-state index is 0. The molecule has 17 heavy (non-hydrogen) atoms. The van der Waals surface area contributed by atoms with Crippen molar-refractivity contribution < 1.29 is 4.74 Å². The van der Waals surface area contributed by atoms with Crippen LogP contribution in [0.4, 0.5) is 0 Å². The molecule has 1 aromatic heterocycles. The molecule has 0 saturated carbocycles. The number of halogens is 1. The first-order valence-electron chi connectivity index (χ1n) is 5.18. The van der Waals surface area contributed by atoms with E-state index >= 15 is 0 Å². The molecule has 2 rings (SSSR count). The maximum Gasteiger partial charge on any atom is 0.191 e. The Bertz CT molecular complexity index is 377. The number of nitrogens with two attached hydrogens (primary N) is 1. The van der Waals surface area contributed by atoms with E-state index in [9.17, 15) is 0 Å². The number of hydrogen-bond donors (Lipinski definition) is 1. The first kappa shape index (κ1) is 14.6. The summed E-state index contributed by atoms with van der Waals surface area (Å²) in [6.45, 7) is 5.56. The molecule has 0 aliphatic carbocycles. The molecule has 1 aromatic rings. The summed E-state index contributed by atoms with van der Waals surface area (Å²) in [5.41, 5.74) is 6.83. The van der Waals surface area contributed by atoms with Gasteiger partial charge >= 0.3 is 0 Å². The highest BCUT2D eigenvalue weighted by molar-refractivity contribution is 14.0. The van der Waals surface area contributed by atoms with Gasteiger partial charge in [-0.25, -0.2) is 4.99 Å². The molecule has 0 unspecified atom stereocenters. The van der Waals surface area contributed by atoms with Crippen LogP contribution in [0, 0.1) is 6.92 Å². The van der Waals surface area contributed by atoms with Crippen molar-refractivity contribution in [2.24, 2.45) is 10.7 Å². The molecule has 2 heterocycles. The number of aryl methyl sites for hydroxylation is 1. The number of hydrogen-bond acceptors (Lipinski definition) is 5. The van der Waals surface area contributed by atoms with Gasteiger partial charge in [-0.3, -0.25) is 0 Å². The number of ether oxygens (including phenoxy) is 1. The highest BCUT2D eigenvalue weighted by atomic mass is 127. The second-order valence-electron chi connectivity index (χ2n) is 3.56. The third kappa shape index (κ3) is 4.03. The largest absolute Gasteiger partial charge is 0.378 e. The molecule has 2 N–H and O–H groups in total. The van der Waals surface area contributed by atoms with Crippen LogP contribution in [0.5, 0.6) is 0 Å². The lowest BCUT2D eigenvalue weighted by Gasteiger charge is -2.27. The Balaban J connectivity index is 0.00000144. The van der Waals surface area contributed by atoms with Crippen LogP contribution in [0.3, 0.4) is 0 Å². The lowest BCUT2D eigenvalue weighted by molar-refractivity contribution is 0.0674. The van der Waals surface area contributed by atoms with Crippen LogP contribution in [0.25, 0.3) is 0 Å². The number of guanidine groups is 1. The van der Waals surface area contributed by atoms with Gasteiger partial charge in [0.15, 0.2) is 5.96 Å². The van der Waals surface area contributed by atoms with Crippen molar-refractivity contribution in [2.75, 3.05) is 26.3 Å². The van der Waals surface area contributed by atoms with E-state index in [1.54, 1.807) is 0 Å². The Hall–Kier alpha value is -0.480. The number of morpholine rings is 1. The van der Waals surface area contributed by atoms with Gasteiger partial charge in [-0.1, -0.05) is 4.49 Å². The van der Waals surface area contributed by atoms with Gasteiger partial charge in [0.25, 0.3) is 0 Å². The fourth-order valence-corrected chi connectivity index (χ4v) is 2.00. The van der Waals surface area contributed by atoms with Crippen LogP contribution in [-0.4, -0.2) is 46.7 Å². The SMILES string of the molecule is Cc1nnsc1CN=C(N)N1CCOCC1.I. The van der Waals surface area contributed by atoms with Gasteiger partial charge in [-0.05, 0) is 18.5 Å². The monoisotopic (exact) mass is 369 g/mol. The van der Waals surface area contributed by atoms with Crippen molar-refractivity contribution in [1.29, 1.82) is 0 Å². The predicted molar refractivity (Wildman–Crippen MR) is 77.8 cm³/mol. The number of aliphatic imine (C=N–C) groups is 1. The van der Waals surface area contributed by atoms with Crippen molar-refractivity contribution in [3.8, 4) is 0 Å². The fraction of sp³-hybridized carbons (Fsp3) is 0.667. The quantitative estimate of drug-likeness (QED) is 0.470. The molecule has 0 amide bonds. The predicted octanol–water partition coefficient (Wildman–Crippen LogP) is 0.611. The van der Waals surface area contributed by atoms with Crippen LogP contribution in [0.15, 0.2) is 4.99 Å². The first-order chi connectivity index (χ1) is 7.77. The molecule has 0 aromatic carbocycles. The second kappa shape index (κ2) is 7.07. The zero-order chi connectivity index (χ0) is 11.4. The third-order valence-corrected chi connectivity index (χ3v) is 3.27. The average molecular weight is 369 g/mol. The standard InChI is InChI=1S/C9H15N5OS.HI/c1-7-8(16-13-12-7)6-11-9(10)14-2-4-15-5-3-14;/h2-6H2,1H3,(H2,10,11);1H. The molecule has 0 radical (unpaired) electrons. The minimum Gasteiger partial charge on any atom is -0.378 e. The van der Waals surface area contributed by atoms with Crippen molar-refractivity contribution in [1.82, 2.24) is 14.5 Å². The van der Waals surface area contributed by atoms with E-state index in [0.717, 1.165) is 36.9 Å². The minimum absolute atomic E-state index is 0. The summed E-state index contributed by atoms with van der Waals surface area (Å²) in [6, 6.07) is 0. The second-order valence-corrected chi connectivity index (χ2v) is 4.39.